The van der Waals surface area contributed by atoms with Crippen molar-refractivity contribution in [2.75, 3.05) is 0 Å². The molecule has 1 heterocycles. The molecule has 0 spiro atoms. The van der Waals surface area contributed by atoms with Crippen LogP contribution in [0.3, 0.4) is 0 Å². The molecule has 20 heavy (non-hydrogen) atoms. The van der Waals surface area contributed by atoms with E-state index in [9.17, 15) is 4.79 Å². The van der Waals surface area contributed by atoms with Crippen molar-refractivity contribution in [2.24, 2.45) is 11.8 Å². The van der Waals surface area contributed by atoms with Crippen LogP contribution in [0.5, 0.6) is 0 Å². The van der Waals surface area contributed by atoms with Gasteiger partial charge in [-0.1, -0.05) is 31.2 Å². The first-order valence-corrected chi connectivity index (χ1v) is 7.03. The molecule has 3 rings (SSSR count). The van der Waals surface area contributed by atoms with Crippen molar-refractivity contribution in [3.63, 3.8) is 0 Å². The van der Waals surface area contributed by atoms with Gasteiger partial charge < -0.3 is 9.88 Å². The second kappa shape index (κ2) is 5.49. The first kappa shape index (κ1) is 12.9. The average molecular weight is 269 g/mol. The maximum absolute atomic E-state index is 11.7. The van der Waals surface area contributed by atoms with E-state index >= 15 is 0 Å². The molecule has 1 fully saturated rings. The molecule has 4 heteroatoms. The summed E-state index contributed by atoms with van der Waals surface area (Å²) in [6.07, 6.45) is 6.58. The van der Waals surface area contributed by atoms with E-state index in [0.717, 1.165) is 18.5 Å². The van der Waals surface area contributed by atoms with Crippen molar-refractivity contribution in [3.05, 3.63) is 54.1 Å². The number of hydrogen-bond acceptors (Lipinski definition) is 2. The predicted octanol–water partition coefficient (Wildman–Crippen LogP) is 2.20. The topological polar surface area (TPSA) is 46.9 Å². The molecule has 2 atom stereocenters. The maximum atomic E-state index is 11.7. The molecule has 104 valence electrons. The summed E-state index contributed by atoms with van der Waals surface area (Å²) in [5.41, 5.74) is 2.37. The first-order valence-electron chi connectivity index (χ1n) is 7.03. The van der Waals surface area contributed by atoms with Crippen LogP contribution >= 0.6 is 0 Å². The Bertz CT molecular complexity index is 574. The highest BCUT2D eigenvalue weighted by Crippen LogP contribution is 2.37. The predicted molar refractivity (Wildman–Crippen MR) is 76.9 cm³/mol. The lowest BCUT2D eigenvalue weighted by atomic mass is 10.1. The minimum Gasteiger partial charge on any atom is -0.352 e. The fourth-order valence-electron chi connectivity index (χ4n) is 2.36. The Morgan fingerprint density at radius 2 is 2.05 bits per heavy atom. The van der Waals surface area contributed by atoms with Crippen LogP contribution in [-0.4, -0.2) is 15.5 Å². The van der Waals surface area contributed by atoms with Crippen LogP contribution in [-0.2, 0) is 17.9 Å². The van der Waals surface area contributed by atoms with E-state index in [1.165, 1.54) is 5.56 Å². The SMILES string of the molecule is C[C@H]1C[C@H]1C(=O)NCc1ccc(Cn2ccnc2)cc1. The Morgan fingerprint density at radius 1 is 1.35 bits per heavy atom. The molecule has 1 N–H and O–H groups in total. The molecule has 0 bridgehead atoms. The van der Waals surface area contributed by atoms with Gasteiger partial charge in [-0.05, 0) is 23.5 Å². The van der Waals surface area contributed by atoms with Gasteiger partial charge in [0.25, 0.3) is 0 Å². The lowest BCUT2D eigenvalue weighted by Crippen LogP contribution is -2.24. The number of imidazole rings is 1. The Hall–Kier alpha value is -2.10. The molecular formula is C16H19N3O. The highest BCUT2D eigenvalue weighted by Gasteiger charge is 2.38. The standard InChI is InChI=1S/C16H19N3O/c1-12-8-15(12)16(20)18-9-13-2-4-14(5-3-13)10-19-7-6-17-11-19/h2-7,11-12,15H,8-10H2,1H3,(H,18,20)/t12-,15+/m0/s1. The van der Waals surface area contributed by atoms with Crippen LogP contribution in [0.4, 0.5) is 0 Å². The molecule has 0 aliphatic heterocycles. The molecule has 1 aliphatic carbocycles. The molecule has 0 radical (unpaired) electrons. The second-order valence-electron chi connectivity index (χ2n) is 5.59. The summed E-state index contributed by atoms with van der Waals surface area (Å²) in [4.78, 5) is 15.8. The summed E-state index contributed by atoms with van der Waals surface area (Å²) >= 11 is 0. The number of rotatable bonds is 5. The molecule has 1 aliphatic rings. The Labute approximate surface area is 118 Å². The number of nitrogens with one attached hydrogen (secondary N) is 1. The molecule has 1 amide bonds. The van der Waals surface area contributed by atoms with Gasteiger partial charge in [0, 0.05) is 31.4 Å². The van der Waals surface area contributed by atoms with Crippen LogP contribution in [0.15, 0.2) is 43.0 Å². The van der Waals surface area contributed by atoms with Crippen molar-refractivity contribution in [3.8, 4) is 0 Å². The van der Waals surface area contributed by atoms with Crippen molar-refractivity contribution in [1.29, 1.82) is 0 Å². The number of carbonyl (C=O) groups is 1. The molecule has 1 aromatic carbocycles. The highest BCUT2D eigenvalue weighted by atomic mass is 16.2. The zero-order chi connectivity index (χ0) is 13.9. The van der Waals surface area contributed by atoms with E-state index in [1.54, 1.807) is 6.20 Å². The average Bonchev–Trinajstić information content (AvgIpc) is 2.98. The van der Waals surface area contributed by atoms with Gasteiger partial charge >= 0.3 is 0 Å². The number of nitrogens with zero attached hydrogens (tertiary/aromatic N) is 2. The smallest absolute Gasteiger partial charge is 0.223 e. The zero-order valence-electron chi connectivity index (χ0n) is 11.6. The molecule has 2 aromatic rings. The number of benzene rings is 1. The summed E-state index contributed by atoms with van der Waals surface area (Å²) in [7, 11) is 0. The van der Waals surface area contributed by atoms with Gasteiger partial charge in [-0.2, -0.15) is 0 Å². The van der Waals surface area contributed by atoms with Gasteiger partial charge in [0.1, 0.15) is 0 Å². The number of carbonyl (C=O) groups excluding carboxylic acids is 1. The third kappa shape index (κ3) is 3.07. The Balaban J connectivity index is 1.52. The van der Waals surface area contributed by atoms with Crippen LogP contribution in [0.2, 0.25) is 0 Å². The highest BCUT2D eigenvalue weighted by molar-refractivity contribution is 5.81. The molecule has 0 unspecified atom stereocenters. The number of aromatic nitrogens is 2. The van der Waals surface area contributed by atoms with Crippen LogP contribution < -0.4 is 5.32 Å². The van der Waals surface area contributed by atoms with Gasteiger partial charge in [-0.15, -0.1) is 0 Å². The monoisotopic (exact) mass is 269 g/mol. The van der Waals surface area contributed by atoms with E-state index in [0.29, 0.717) is 12.5 Å². The van der Waals surface area contributed by atoms with E-state index in [-0.39, 0.29) is 11.8 Å². The van der Waals surface area contributed by atoms with Crippen molar-refractivity contribution in [2.45, 2.75) is 26.4 Å². The zero-order valence-corrected chi connectivity index (χ0v) is 11.6. The van der Waals surface area contributed by atoms with Crippen molar-refractivity contribution < 1.29 is 4.79 Å². The molecular weight excluding hydrogens is 250 g/mol. The molecule has 0 saturated heterocycles. The molecule has 4 nitrogen and oxygen atoms in total. The van der Waals surface area contributed by atoms with Gasteiger partial charge in [0.15, 0.2) is 0 Å². The summed E-state index contributed by atoms with van der Waals surface area (Å²) in [5.74, 6) is 1.00. The maximum Gasteiger partial charge on any atom is 0.223 e. The van der Waals surface area contributed by atoms with Gasteiger partial charge in [0.05, 0.1) is 6.33 Å². The minimum atomic E-state index is 0.194. The summed E-state index contributed by atoms with van der Waals surface area (Å²) in [5, 5.41) is 3.00. The van der Waals surface area contributed by atoms with Gasteiger partial charge in [-0.3, -0.25) is 4.79 Å². The van der Waals surface area contributed by atoms with E-state index in [4.69, 9.17) is 0 Å². The van der Waals surface area contributed by atoms with E-state index in [1.807, 2.05) is 17.1 Å². The third-order valence-electron chi connectivity index (χ3n) is 3.86. The lowest BCUT2D eigenvalue weighted by molar-refractivity contribution is -0.122. The third-order valence-corrected chi connectivity index (χ3v) is 3.86. The van der Waals surface area contributed by atoms with Crippen LogP contribution in [0.25, 0.3) is 0 Å². The summed E-state index contributed by atoms with van der Waals surface area (Å²) < 4.78 is 2.03. The second-order valence-corrected chi connectivity index (χ2v) is 5.59. The number of hydrogen-bond donors (Lipinski definition) is 1. The summed E-state index contributed by atoms with van der Waals surface area (Å²) in [6, 6.07) is 8.34. The fourth-order valence-corrected chi connectivity index (χ4v) is 2.36. The van der Waals surface area contributed by atoms with E-state index in [2.05, 4.69) is 41.5 Å². The quantitative estimate of drug-likeness (QED) is 0.904. The molecule has 1 saturated carbocycles. The minimum absolute atomic E-state index is 0.194. The Morgan fingerprint density at radius 3 is 2.65 bits per heavy atom. The van der Waals surface area contributed by atoms with Gasteiger partial charge in [0.2, 0.25) is 5.91 Å². The fraction of sp³-hybridized carbons (Fsp3) is 0.375. The molecule has 1 aromatic heterocycles. The summed E-state index contributed by atoms with van der Waals surface area (Å²) in [6.45, 7) is 3.56. The largest absolute Gasteiger partial charge is 0.352 e. The van der Waals surface area contributed by atoms with Crippen molar-refractivity contribution in [1.82, 2.24) is 14.9 Å². The van der Waals surface area contributed by atoms with Crippen LogP contribution in [0, 0.1) is 11.8 Å². The lowest BCUT2D eigenvalue weighted by Gasteiger charge is -2.07. The first-order chi connectivity index (χ1) is 9.72. The van der Waals surface area contributed by atoms with Crippen molar-refractivity contribution >= 4 is 5.91 Å². The van der Waals surface area contributed by atoms with Gasteiger partial charge in [-0.25, -0.2) is 4.98 Å². The normalized spacial score (nSPS) is 20.6. The van der Waals surface area contributed by atoms with Crippen LogP contribution in [0.1, 0.15) is 24.5 Å². The number of amides is 1. The van der Waals surface area contributed by atoms with E-state index < -0.39 is 0 Å². The Kier molecular flexibility index (Phi) is 3.54.